The van der Waals surface area contributed by atoms with Crippen molar-refractivity contribution in [3.8, 4) is 5.75 Å². The lowest BCUT2D eigenvalue weighted by Gasteiger charge is -2.15. The highest BCUT2D eigenvalue weighted by molar-refractivity contribution is 7.89. The molecule has 0 amide bonds. The van der Waals surface area contributed by atoms with E-state index >= 15 is 0 Å². The van der Waals surface area contributed by atoms with Gasteiger partial charge < -0.3 is 9.47 Å². The highest BCUT2D eigenvalue weighted by atomic mass is 32.2. The standard InChI is InChI=1S/C20H23NO5S/c1-15(17-8-6-5-7-9-17)26-20(22)13-11-16-10-12-18(25-4)19(14-16)27(23,24)21(2)3/h5-15H,1-4H3/b13-11+/t15-/m1/s1. The first-order valence-electron chi connectivity index (χ1n) is 8.30. The van der Waals surface area contributed by atoms with Crippen LogP contribution < -0.4 is 4.74 Å². The SMILES string of the molecule is COc1ccc(/C=C/C(=O)O[C@H](C)c2ccccc2)cc1S(=O)(=O)N(C)C. The van der Waals surface area contributed by atoms with E-state index in [0.29, 0.717) is 5.56 Å². The van der Waals surface area contributed by atoms with Crippen molar-refractivity contribution in [3.63, 3.8) is 0 Å². The molecule has 0 aliphatic heterocycles. The maximum Gasteiger partial charge on any atom is 0.331 e. The molecule has 1 atom stereocenters. The first kappa shape index (κ1) is 20.7. The van der Waals surface area contributed by atoms with Crippen LogP contribution in [0.2, 0.25) is 0 Å². The molecular weight excluding hydrogens is 366 g/mol. The normalized spacial score (nSPS) is 12.9. The van der Waals surface area contributed by atoms with Gasteiger partial charge >= 0.3 is 5.97 Å². The third-order valence-corrected chi connectivity index (χ3v) is 5.76. The van der Waals surface area contributed by atoms with Gasteiger partial charge in [-0.15, -0.1) is 0 Å². The summed E-state index contributed by atoms with van der Waals surface area (Å²) >= 11 is 0. The topological polar surface area (TPSA) is 72.9 Å². The second kappa shape index (κ2) is 8.83. The Balaban J connectivity index is 2.18. The van der Waals surface area contributed by atoms with Crippen LogP contribution in [0.25, 0.3) is 6.08 Å². The molecule has 2 aromatic carbocycles. The zero-order valence-corrected chi connectivity index (χ0v) is 16.6. The summed E-state index contributed by atoms with van der Waals surface area (Å²) in [5.41, 5.74) is 1.43. The molecule has 0 saturated carbocycles. The lowest BCUT2D eigenvalue weighted by atomic mass is 10.1. The summed E-state index contributed by atoms with van der Waals surface area (Å²) in [4.78, 5) is 12.1. The second-order valence-electron chi connectivity index (χ2n) is 6.02. The summed E-state index contributed by atoms with van der Waals surface area (Å²) in [6.45, 7) is 1.79. The fourth-order valence-corrected chi connectivity index (χ4v) is 3.45. The molecular formula is C20H23NO5S. The fraction of sp³-hybridized carbons (Fsp3) is 0.250. The van der Waals surface area contributed by atoms with Crippen molar-refractivity contribution in [3.05, 3.63) is 65.7 Å². The van der Waals surface area contributed by atoms with Crippen molar-refractivity contribution in [2.75, 3.05) is 21.2 Å². The van der Waals surface area contributed by atoms with Crippen LogP contribution in [-0.2, 0) is 19.6 Å². The number of carbonyl (C=O) groups excluding carboxylic acids is 1. The number of ether oxygens (including phenoxy) is 2. The van der Waals surface area contributed by atoms with Crippen molar-refractivity contribution in [1.82, 2.24) is 4.31 Å². The van der Waals surface area contributed by atoms with Crippen molar-refractivity contribution in [1.29, 1.82) is 0 Å². The smallest absolute Gasteiger partial charge is 0.331 e. The molecule has 0 heterocycles. The Morgan fingerprint density at radius 1 is 1.11 bits per heavy atom. The van der Waals surface area contributed by atoms with E-state index in [1.54, 1.807) is 19.1 Å². The highest BCUT2D eigenvalue weighted by Crippen LogP contribution is 2.27. The molecule has 0 saturated heterocycles. The number of hydrogen-bond donors (Lipinski definition) is 0. The molecule has 144 valence electrons. The number of nitrogens with zero attached hydrogens (tertiary/aromatic N) is 1. The monoisotopic (exact) mass is 389 g/mol. The van der Waals surface area contributed by atoms with Gasteiger partial charge in [-0.25, -0.2) is 17.5 Å². The molecule has 0 fully saturated rings. The predicted octanol–water partition coefficient (Wildman–Crippen LogP) is 3.26. The van der Waals surface area contributed by atoms with E-state index in [-0.39, 0.29) is 16.7 Å². The number of benzene rings is 2. The summed E-state index contributed by atoms with van der Waals surface area (Å²) in [7, 11) is 0.615. The molecule has 0 unspecified atom stereocenters. The van der Waals surface area contributed by atoms with E-state index in [4.69, 9.17) is 9.47 Å². The third kappa shape index (κ3) is 5.18. The molecule has 0 radical (unpaired) electrons. The molecule has 0 aliphatic rings. The summed E-state index contributed by atoms with van der Waals surface area (Å²) < 4.78 is 36.5. The molecule has 2 aromatic rings. The van der Waals surface area contributed by atoms with Crippen molar-refractivity contribution in [2.45, 2.75) is 17.9 Å². The van der Waals surface area contributed by atoms with Crippen LogP contribution in [0.15, 0.2) is 59.5 Å². The summed E-state index contributed by atoms with van der Waals surface area (Å²) in [5, 5.41) is 0. The van der Waals surface area contributed by atoms with Crippen molar-refractivity contribution >= 4 is 22.1 Å². The van der Waals surface area contributed by atoms with E-state index in [9.17, 15) is 13.2 Å². The largest absolute Gasteiger partial charge is 0.495 e. The van der Waals surface area contributed by atoms with Gasteiger partial charge in [0.2, 0.25) is 10.0 Å². The molecule has 27 heavy (non-hydrogen) atoms. The average molecular weight is 389 g/mol. The minimum Gasteiger partial charge on any atom is -0.495 e. The van der Waals surface area contributed by atoms with Crippen molar-refractivity contribution in [2.24, 2.45) is 0 Å². The maximum atomic E-state index is 12.4. The Kier molecular flexibility index (Phi) is 6.76. The van der Waals surface area contributed by atoms with Crippen LogP contribution in [0.3, 0.4) is 0 Å². The average Bonchev–Trinajstić information content (AvgIpc) is 2.66. The van der Waals surface area contributed by atoms with Crippen LogP contribution in [0.4, 0.5) is 0 Å². The van der Waals surface area contributed by atoms with E-state index in [1.807, 2.05) is 30.3 Å². The number of hydrogen-bond acceptors (Lipinski definition) is 5. The lowest BCUT2D eigenvalue weighted by molar-refractivity contribution is -0.142. The lowest BCUT2D eigenvalue weighted by Crippen LogP contribution is -2.22. The third-order valence-electron chi connectivity index (χ3n) is 3.92. The molecule has 0 aromatic heterocycles. The summed E-state index contributed by atoms with van der Waals surface area (Å²) in [6.07, 6.45) is 2.39. The van der Waals surface area contributed by atoms with Crippen LogP contribution in [-0.4, -0.2) is 39.9 Å². The molecule has 0 spiro atoms. The first-order chi connectivity index (χ1) is 12.8. The van der Waals surface area contributed by atoms with Gasteiger partial charge in [-0.1, -0.05) is 36.4 Å². The zero-order chi connectivity index (χ0) is 20.0. The molecule has 0 aliphatic carbocycles. The molecule has 0 bridgehead atoms. The van der Waals surface area contributed by atoms with E-state index in [0.717, 1.165) is 9.87 Å². The Bertz CT molecular complexity index is 921. The Morgan fingerprint density at radius 3 is 2.37 bits per heavy atom. The van der Waals surface area contributed by atoms with Crippen molar-refractivity contribution < 1.29 is 22.7 Å². The van der Waals surface area contributed by atoms with Gasteiger partial charge in [0.05, 0.1) is 7.11 Å². The van der Waals surface area contributed by atoms with Crippen LogP contribution >= 0.6 is 0 Å². The number of rotatable bonds is 7. The maximum absolute atomic E-state index is 12.4. The van der Waals surface area contributed by atoms with E-state index in [2.05, 4.69) is 0 Å². The molecule has 7 heteroatoms. The number of esters is 1. The Hall–Kier alpha value is -2.64. The highest BCUT2D eigenvalue weighted by Gasteiger charge is 2.22. The van der Waals surface area contributed by atoms with Crippen LogP contribution in [0.5, 0.6) is 5.75 Å². The second-order valence-corrected chi connectivity index (χ2v) is 8.14. The minimum absolute atomic E-state index is 0.0307. The van der Waals surface area contributed by atoms with Gasteiger partial charge in [0, 0.05) is 20.2 Å². The summed E-state index contributed by atoms with van der Waals surface area (Å²) in [5.74, 6) is -0.277. The van der Waals surface area contributed by atoms with Gasteiger partial charge in [0.25, 0.3) is 0 Å². The quantitative estimate of drug-likeness (QED) is 0.537. The van der Waals surface area contributed by atoms with Gasteiger partial charge in [-0.05, 0) is 36.3 Å². The van der Waals surface area contributed by atoms with E-state index < -0.39 is 16.0 Å². The predicted molar refractivity (Wildman–Crippen MR) is 104 cm³/mol. The molecule has 0 N–H and O–H groups in total. The summed E-state index contributed by atoms with van der Waals surface area (Å²) in [6, 6.07) is 14.1. The van der Waals surface area contributed by atoms with Crippen LogP contribution in [0, 0.1) is 0 Å². The molecule has 6 nitrogen and oxygen atoms in total. The zero-order valence-electron chi connectivity index (χ0n) is 15.7. The fourth-order valence-electron chi connectivity index (χ4n) is 2.37. The number of carbonyl (C=O) groups is 1. The van der Waals surface area contributed by atoms with Gasteiger partial charge in [-0.2, -0.15) is 0 Å². The molecule has 2 rings (SSSR count). The van der Waals surface area contributed by atoms with Crippen LogP contribution in [0.1, 0.15) is 24.2 Å². The first-order valence-corrected chi connectivity index (χ1v) is 9.74. The number of methoxy groups -OCH3 is 1. The minimum atomic E-state index is -3.68. The van der Waals surface area contributed by atoms with Gasteiger partial charge in [0.15, 0.2) is 0 Å². The Morgan fingerprint density at radius 2 is 1.78 bits per heavy atom. The van der Waals surface area contributed by atoms with E-state index in [1.165, 1.54) is 39.4 Å². The number of sulfonamides is 1. The van der Waals surface area contributed by atoms with Gasteiger partial charge in [0.1, 0.15) is 16.7 Å². The van der Waals surface area contributed by atoms with Gasteiger partial charge in [-0.3, -0.25) is 0 Å². The Labute approximate surface area is 160 Å².